The van der Waals surface area contributed by atoms with Crippen molar-refractivity contribution in [1.82, 2.24) is 25.2 Å². The van der Waals surface area contributed by atoms with Gasteiger partial charge in [0.25, 0.3) is 5.91 Å². The summed E-state index contributed by atoms with van der Waals surface area (Å²) in [7, 11) is -0.837. The Kier molecular flexibility index (Phi) is 11.0. The Labute approximate surface area is 320 Å². The van der Waals surface area contributed by atoms with Gasteiger partial charge in [0.2, 0.25) is 27.7 Å². The first kappa shape index (κ1) is 38.4. The first-order valence-corrected chi connectivity index (χ1v) is 20.6. The van der Waals surface area contributed by atoms with Crippen LogP contribution in [-0.2, 0) is 29.1 Å². The lowest BCUT2D eigenvalue weighted by Gasteiger charge is -2.29. The number of methoxy groups -OCH3 is 2. The van der Waals surface area contributed by atoms with E-state index in [9.17, 15) is 27.6 Å². The second kappa shape index (κ2) is 15.7. The Balaban J connectivity index is 1.27. The summed E-state index contributed by atoms with van der Waals surface area (Å²) in [6.07, 6.45) is 11.2. The molecular weight excluding hydrogens is 731 g/mol. The van der Waals surface area contributed by atoms with Gasteiger partial charge in [0.15, 0.2) is 0 Å². The number of alkyl carbamates (subject to hydrolysis) is 1. The minimum atomic E-state index is -3.90. The molecule has 7 rings (SSSR count). The van der Waals surface area contributed by atoms with E-state index < -0.39 is 68.7 Å². The number of amides is 4. The van der Waals surface area contributed by atoms with Crippen LogP contribution in [-0.4, -0.2) is 98.5 Å². The number of nitrogens with zero attached hydrogens (tertiary/aromatic N) is 2. The van der Waals surface area contributed by atoms with E-state index in [0.29, 0.717) is 60.9 Å². The van der Waals surface area contributed by atoms with Gasteiger partial charge in [-0.05, 0) is 56.9 Å². The number of cyclic esters (lactones) is 1. The number of sulfonamides is 1. The van der Waals surface area contributed by atoms with Crippen LogP contribution in [0.2, 0.25) is 0 Å². The van der Waals surface area contributed by atoms with Crippen LogP contribution in [0, 0.1) is 11.8 Å². The lowest BCUT2D eigenvalue weighted by Crippen LogP contribution is -2.58. The summed E-state index contributed by atoms with van der Waals surface area (Å²) in [6.45, 7) is 2.04. The molecule has 1 aromatic heterocycles. The zero-order valence-corrected chi connectivity index (χ0v) is 32.2. The summed E-state index contributed by atoms with van der Waals surface area (Å²) in [4.78, 5) is 61.9. The van der Waals surface area contributed by atoms with Crippen molar-refractivity contribution in [2.75, 3.05) is 27.4 Å². The van der Waals surface area contributed by atoms with Crippen molar-refractivity contribution in [3.8, 4) is 17.4 Å². The van der Waals surface area contributed by atoms with Crippen LogP contribution in [0.5, 0.6) is 17.4 Å². The number of hydrogen-bond acceptors (Lipinski definition) is 11. The number of aromatic nitrogens is 1. The molecule has 0 radical (unpaired) electrons. The molecule has 3 aliphatic heterocycles. The molecule has 2 aliphatic carbocycles. The first-order chi connectivity index (χ1) is 26.4. The van der Waals surface area contributed by atoms with Crippen LogP contribution < -0.4 is 29.6 Å². The molecule has 4 heterocycles. The zero-order valence-electron chi connectivity index (χ0n) is 31.4. The Bertz CT molecular complexity index is 2020. The third kappa shape index (κ3) is 8.38. The van der Waals surface area contributed by atoms with Gasteiger partial charge in [-0.15, -0.1) is 0 Å². The van der Waals surface area contributed by atoms with Crippen molar-refractivity contribution in [2.45, 2.75) is 100 Å². The summed E-state index contributed by atoms with van der Waals surface area (Å²) in [5.41, 5.74) is -0.202. The van der Waals surface area contributed by atoms with E-state index >= 15 is 0 Å². The fourth-order valence-electron chi connectivity index (χ4n) is 7.65. The number of hydrogen-bond donors (Lipinski definition) is 3. The van der Waals surface area contributed by atoms with Gasteiger partial charge >= 0.3 is 6.09 Å². The van der Waals surface area contributed by atoms with Gasteiger partial charge in [0.1, 0.15) is 35.2 Å². The Hall–Kier alpha value is -4.86. The molecular formula is C39H49N5O10S. The highest BCUT2D eigenvalue weighted by molar-refractivity contribution is 7.91. The van der Waals surface area contributed by atoms with Crippen molar-refractivity contribution in [2.24, 2.45) is 11.8 Å². The number of carbonyl (C=O) groups excluding carboxylic acids is 4. The minimum Gasteiger partial charge on any atom is -0.496 e. The summed E-state index contributed by atoms with van der Waals surface area (Å²) in [5.74, 6) is -1.10. The number of nitrogens with one attached hydrogen (secondary N) is 3. The summed E-state index contributed by atoms with van der Waals surface area (Å²) >= 11 is 0. The van der Waals surface area contributed by atoms with Crippen molar-refractivity contribution in [3.05, 3.63) is 42.0 Å². The second-order valence-corrected chi connectivity index (χ2v) is 17.3. The highest BCUT2D eigenvalue weighted by Gasteiger charge is 2.62. The fraction of sp³-hybridized carbons (Fsp3) is 0.564. The van der Waals surface area contributed by atoms with Gasteiger partial charge in [-0.3, -0.25) is 19.1 Å². The SMILES string of the molecule is COc1cc2c3cc(c(OC)cc3n1)C=CC[C@H](C)COC(=O)N[C@H]1CCCCCC=C[C@@H]3C[C@@]3(C(=O)NS(=O)(=O)C3CC3)NC(=O)[C@@H]3C[C@H](CN3C1=O)O2. The highest BCUT2D eigenvalue weighted by atomic mass is 32.2. The van der Waals surface area contributed by atoms with Crippen molar-refractivity contribution in [1.29, 1.82) is 0 Å². The minimum absolute atomic E-state index is 0.0190. The molecule has 1 aromatic carbocycles. The fourth-order valence-corrected chi connectivity index (χ4v) is 9.01. The Morgan fingerprint density at radius 1 is 1.05 bits per heavy atom. The molecule has 15 nitrogen and oxygen atoms in total. The van der Waals surface area contributed by atoms with Crippen LogP contribution in [0.25, 0.3) is 17.0 Å². The molecule has 6 atom stereocenters. The van der Waals surface area contributed by atoms with E-state index in [1.165, 1.54) is 12.0 Å². The average Bonchev–Trinajstić information content (AvgIpc) is 4.09. The highest BCUT2D eigenvalue weighted by Crippen LogP contribution is 2.46. The lowest BCUT2D eigenvalue weighted by atomic mass is 10.0. The van der Waals surface area contributed by atoms with Crippen molar-refractivity contribution >= 4 is 50.8 Å². The predicted molar refractivity (Wildman–Crippen MR) is 202 cm³/mol. The van der Waals surface area contributed by atoms with Crippen LogP contribution in [0.4, 0.5) is 4.79 Å². The Morgan fingerprint density at radius 2 is 1.87 bits per heavy atom. The molecule has 2 saturated carbocycles. The van der Waals surface area contributed by atoms with Crippen LogP contribution >= 0.6 is 0 Å². The van der Waals surface area contributed by atoms with Crippen molar-refractivity contribution in [3.63, 3.8) is 0 Å². The smallest absolute Gasteiger partial charge is 0.407 e. The third-order valence-corrected chi connectivity index (χ3v) is 12.9. The van der Waals surface area contributed by atoms with Gasteiger partial charge in [-0.2, -0.15) is 0 Å². The van der Waals surface area contributed by atoms with Crippen LogP contribution in [0.1, 0.15) is 76.7 Å². The van der Waals surface area contributed by atoms with E-state index in [2.05, 4.69) is 20.3 Å². The van der Waals surface area contributed by atoms with E-state index in [0.717, 1.165) is 18.4 Å². The van der Waals surface area contributed by atoms with E-state index in [1.807, 2.05) is 37.3 Å². The van der Waals surface area contributed by atoms with E-state index in [-0.39, 0.29) is 37.8 Å². The van der Waals surface area contributed by atoms with Gasteiger partial charge < -0.3 is 34.5 Å². The molecule has 0 spiro atoms. The van der Waals surface area contributed by atoms with Crippen LogP contribution in [0.3, 0.4) is 0 Å². The molecule has 1 saturated heterocycles. The maximum absolute atomic E-state index is 14.5. The maximum Gasteiger partial charge on any atom is 0.407 e. The molecule has 2 aromatic rings. The topological polar surface area (TPSA) is 192 Å². The molecule has 5 aliphatic rings. The number of benzene rings is 1. The van der Waals surface area contributed by atoms with E-state index in [1.54, 1.807) is 19.2 Å². The monoisotopic (exact) mass is 779 g/mol. The molecule has 3 fully saturated rings. The number of ether oxygens (including phenoxy) is 4. The summed E-state index contributed by atoms with van der Waals surface area (Å²) in [5, 5.41) is 5.69. The molecule has 296 valence electrons. The Morgan fingerprint density at radius 3 is 2.64 bits per heavy atom. The second-order valence-electron chi connectivity index (χ2n) is 15.3. The summed E-state index contributed by atoms with van der Waals surface area (Å²) < 4.78 is 51.4. The van der Waals surface area contributed by atoms with Crippen molar-refractivity contribution < 1.29 is 46.5 Å². The normalized spacial score (nSPS) is 29.0. The lowest BCUT2D eigenvalue weighted by molar-refractivity contribution is -0.141. The number of fused-ring (bicyclic) bond motifs is 4. The third-order valence-electron chi connectivity index (χ3n) is 11.1. The molecule has 55 heavy (non-hydrogen) atoms. The van der Waals surface area contributed by atoms with Gasteiger partial charge in [-0.25, -0.2) is 18.2 Å². The zero-order chi connectivity index (χ0) is 38.9. The van der Waals surface area contributed by atoms with Gasteiger partial charge in [0.05, 0.1) is 38.1 Å². The molecule has 16 heteroatoms. The number of allylic oxidation sites excluding steroid dienone is 2. The van der Waals surface area contributed by atoms with E-state index in [4.69, 9.17) is 18.9 Å². The summed E-state index contributed by atoms with van der Waals surface area (Å²) in [6, 6.07) is 3.22. The van der Waals surface area contributed by atoms with Crippen LogP contribution in [0.15, 0.2) is 36.4 Å². The molecule has 4 amide bonds. The van der Waals surface area contributed by atoms with Gasteiger partial charge in [0, 0.05) is 35.4 Å². The molecule has 3 N–H and O–H groups in total. The standard InChI is InChI=1S/C39H49N5O10S/c1-23-10-9-11-24-16-28-30(18-32(24)51-2)40-34(52-3)19-33(28)54-26-17-31-35(45)42-39(37(47)43-55(49,50)27-14-15-27)20-25(39)12-7-5-4-6-8-13-29(36(46)44(31)21-26)41-38(48)53-22-23/h7,9,11-12,16,18-19,23,25-27,29,31H,4-6,8,10,13-15,17,20-22H2,1-3H3,(H,41,48)(H,42,45)(H,43,47)/t23-,25+,26+,29-,31-,39+/m0/s1. The quantitative estimate of drug-likeness (QED) is 0.375. The van der Waals surface area contributed by atoms with Gasteiger partial charge in [-0.1, -0.05) is 44.1 Å². The number of carbonyl (C=O) groups is 4. The first-order valence-electron chi connectivity index (χ1n) is 19.1. The number of pyridine rings is 1. The molecule has 0 unspecified atom stereocenters. The number of rotatable bonds is 5. The predicted octanol–water partition coefficient (Wildman–Crippen LogP) is 3.75. The maximum atomic E-state index is 14.5. The average molecular weight is 780 g/mol. The largest absolute Gasteiger partial charge is 0.496 e. The molecule has 5 bridgehead atoms.